The highest BCUT2D eigenvalue weighted by atomic mass is 28.4. The van der Waals surface area contributed by atoms with Crippen LogP contribution in [0.3, 0.4) is 0 Å². The second-order valence-corrected chi connectivity index (χ2v) is 8.19. The van der Waals surface area contributed by atoms with Crippen LogP contribution in [0.5, 0.6) is 0 Å². The first-order valence-corrected chi connectivity index (χ1v) is 8.91. The summed E-state index contributed by atoms with van der Waals surface area (Å²) in [4.78, 5) is 11.1. The van der Waals surface area contributed by atoms with Crippen LogP contribution in [-0.2, 0) is 27.5 Å². The van der Waals surface area contributed by atoms with E-state index in [1.54, 1.807) is 21.3 Å². The van der Waals surface area contributed by atoms with Gasteiger partial charge in [0.1, 0.15) is 5.22 Å². The highest BCUT2D eigenvalue weighted by Gasteiger charge is 2.61. The number of carbonyl (C=O) groups is 1. The van der Waals surface area contributed by atoms with E-state index in [9.17, 15) is 4.79 Å². The zero-order valence-electron chi connectivity index (χ0n) is 13.2. The number of esters is 1. The standard InChI is InChI=1S/C14H26O6Si/c1-5-13(15)19-11-8-10-14(9-6-7-12-20-14)21(16-2,17-3)18-4/h5H,1,6-12H2,2-4H3. The minimum atomic E-state index is -2.94. The summed E-state index contributed by atoms with van der Waals surface area (Å²) in [6, 6.07) is 0. The monoisotopic (exact) mass is 318 g/mol. The van der Waals surface area contributed by atoms with Crippen molar-refractivity contribution in [2.75, 3.05) is 34.5 Å². The lowest BCUT2D eigenvalue weighted by atomic mass is 10.0. The van der Waals surface area contributed by atoms with E-state index in [1.807, 2.05) is 0 Å². The quantitative estimate of drug-likeness (QED) is 0.280. The maximum absolute atomic E-state index is 11.1. The molecule has 1 aliphatic heterocycles. The normalized spacial score (nSPS) is 22.8. The Hall–Kier alpha value is -0.733. The van der Waals surface area contributed by atoms with Crippen LogP contribution in [0.2, 0.25) is 0 Å². The molecule has 7 heteroatoms. The molecule has 1 aliphatic rings. The lowest BCUT2D eigenvalue weighted by Gasteiger charge is -2.45. The van der Waals surface area contributed by atoms with Gasteiger partial charge in [-0.05, 0) is 32.1 Å². The van der Waals surface area contributed by atoms with Crippen LogP contribution in [0.1, 0.15) is 32.1 Å². The Balaban J connectivity index is 2.74. The van der Waals surface area contributed by atoms with Crippen LogP contribution < -0.4 is 0 Å². The molecule has 0 aromatic rings. The van der Waals surface area contributed by atoms with E-state index in [2.05, 4.69) is 6.58 Å². The van der Waals surface area contributed by atoms with Gasteiger partial charge in [-0.3, -0.25) is 0 Å². The molecule has 0 bridgehead atoms. The van der Waals surface area contributed by atoms with Gasteiger partial charge in [0.25, 0.3) is 0 Å². The van der Waals surface area contributed by atoms with Gasteiger partial charge < -0.3 is 22.8 Å². The van der Waals surface area contributed by atoms with E-state index in [0.717, 1.165) is 25.3 Å². The Kier molecular flexibility index (Phi) is 7.54. The summed E-state index contributed by atoms with van der Waals surface area (Å²) in [5.74, 6) is -0.414. The minimum absolute atomic E-state index is 0.317. The molecule has 1 rings (SSSR count). The predicted octanol–water partition coefficient (Wildman–Crippen LogP) is 1.85. The lowest BCUT2D eigenvalue weighted by molar-refractivity contribution is -0.138. The van der Waals surface area contributed by atoms with Crippen molar-refractivity contribution >= 4 is 14.8 Å². The van der Waals surface area contributed by atoms with Crippen LogP contribution in [0, 0.1) is 0 Å². The average molecular weight is 318 g/mol. The molecule has 1 saturated heterocycles. The van der Waals surface area contributed by atoms with Gasteiger partial charge >= 0.3 is 14.8 Å². The largest absolute Gasteiger partial charge is 0.533 e. The van der Waals surface area contributed by atoms with Gasteiger partial charge in [-0.2, -0.15) is 0 Å². The van der Waals surface area contributed by atoms with Gasteiger partial charge in [0.2, 0.25) is 0 Å². The average Bonchev–Trinajstić information content (AvgIpc) is 2.54. The van der Waals surface area contributed by atoms with E-state index < -0.39 is 20.0 Å². The second-order valence-electron chi connectivity index (χ2n) is 4.94. The topological polar surface area (TPSA) is 63.2 Å². The summed E-state index contributed by atoms with van der Waals surface area (Å²) in [6.07, 6.45) is 5.37. The summed E-state index contributed by atoms with van der Waals surface area (Å²) < 4.78 is 28.0. The van der Waals surface area contributed by atoms with Crippen LogP contribution in [0.15, 0.2) is 12.7 Å². The van der Waals surface area contributed by atoms with E-state index >= 15 is 0 Å². The van der Waals surface area contributed by atoms with Crippen LogP contribution in [0.4, 0.5) is 0 Å². The molecule has 1 unspecified atom stereocenters. The maximum atomic E-state index is 11.1. The van der Waals surface area contributed by atoms with Gasteiger partial charge in [-0.1, -0.05) is 6.58 Å². The third-order valence-electron chi connectivity index (χ3n) is 3.85. The van der Waals surface area contributed by atoms with E-state index in [1.165, 1.54) is 0 Å². The zero-order valence-corrected chi connectivity index (χ0v) is 14.2. The molecule has 0 spiro atoms. The Morgan fingerprint density at radius 3 is 2.43 bits per heavy atom. The smallest absolute Gasteiger partial charge is 0.463 e. The van der Waals surface area contributed by atoms with Crippen molar-refractivity contribution in [3.8, 4) is 0 Å². The third-order valence-corrected chi connectivity index (χ3v) is 7.23. The summed E-state index contributed by atoms with van der Waals surface area (Å²) in [5, 5.41) is -0.565. The molecule has 0 N–H and O–H groups in total. The molecular formula is C14H26O6Si. The second kappa shape index (κ2) is 8.65. The molecule has 0 aromatic carbocycles. The minimum Gasteiger partial charge on any atom is -0.463 e. The van der Waals surface area contributed by atoms with Crippen LogP contribution in [0.25, 0.3) is 0 Å². The number of hydrogen-bond acceptors (Lipinski definition) is 6. The molecule has 0 aromatic heterocycles. The van der Waals surface area contributed by atoms with Crippen molar-refractivity contribution < 1.29 is 27.5 Å². The molecule has 1 fully saturated rings. The van der Waals surface area contributed by atoms with Crippen LogP contribution >= 0.6 is 0 Å². The molecule has 0 saturated carbocycles. The van der Waals surface area contributed by atoms with Gasteiger partial charge in [-0.15, -0.1) is 0 Å². The number of ether oxygens (including phenoxy) is 2. The summed E-state index contributed by atoms with van der Waals surface area (Å²) in [5.41, 5.74) is 0. The van der Waals surface area contributed by atoms with Gasteiger partial charge in [0.05, 0.1) is 6.61 Å². The molecule has 1 heterocycles. The Labute approximate surface area is 127 Å². The first-order chi connectivity index (χ1) is 10.1. The van der Waals surface area contributed by atoms with E-state index in [4.69, 9.17) is 22.8 Å². The van der Waals surface area contributed by atoms with Crippen molar-refractivity contribution in [2.24, 2.45) is 0 Å². The molecule has 0 amide bonds. The molecule has 0 aliphatic carbocycles. The van der Waals surface area contributed by atoms with Crippen molar-refractivity contribution in [1.29, 1.82) is 0 Å². The summed E-state index contributed by atoms with van der Waals surface area (Å²) >= 11 is 0. The van der Waals surface area contributed by atoms with E-state index in [-0.39, 0.29) is 0 Å². The number of hydrogen-bond donors (Lipinski definition) is 0. The fraction of sp³-hybridized carbons (Fsp3) is 0.786. The fourth-order valence-corrected chi connectivity index (χ4v) is 5.70. The lowest BCUT2D eigenvalue weighted by Crippen LogP contribution is -2.66. The molecule has 1 atom stereocenters. The third kappa shape index (κ3) is 4.14. The number of rotatable bonds is 9. The fourth-order valence-electron chi connectivity index (χ4n) is 2.84. The highest BCUT2D eigenvalue weighted by Crippen LogP contribution is 2.39. The van der Waals surface area contributed by atoms with Gasteiger partial charge in [-0.25, -0.2) is 4.79 Å². The predicted molar refractivity (Wildman–Crippen MR) is 79.7 cm³/mol. The molecule has 0 radical (unpaired) electrons. The Bertz CT molecular complexity index is 328. The van der Waals surface area contributed by atoms with E-state index in [0.29, 0.717) is 26.1 Å². The Morgan fingerprint density at radius 1 is 1.29 bits per heavy atom. The SMILES string of the molecule is C=CC(=O)OCCCC1([Si](OC)(OC)OC)CCCCO1. The maximum Gasteiger partial charge on any atom is 0.533 e. The molecule has 122 valence electrons. The van der Waals surface area contributed by atoms with Crippen LogP contribution in [-0.4, -0.2) is 54.5 Å². The first-order valence-electron chi connectivity index (χ1n) is 7.18. The summed E-state index contributed by atoms with van der Waals surface area (Å²) in [7, 11) is 1.85. The first kappa shape index (κ1) is 18.3. The highest BCUT2D eigenvalue weighted by molar-refractivity contribution is 6.64. The Morgan fingerprint density at radius 2 is 1.95 bits per heavy atom. The van der Waals surface area contributed by atoms with Crippen molar-refractivity contribution in [3.05, 3.63) is 12.7 Å². The van der Waals surface area contributed by atoms with Gasteiger partial charge in [0.15, 0.2) is 0 Å². The molecule has 21 heavy (non-hydrogen) atoms. The van der Waals surface area contributed by atoms with Crippen molar-refractivity contribution in [1.82, 2.24) is 0 Å². The van der Waals surface area contributed by atoms with Crippen molar-refractivity contribution in [3.63, 3.8) is 0 Å². The zero-order chi connectivity index (χ0) is 15.8. The number of carbonyl (C=O) groups excluding carboxylic acids is 1. The molecule has 6 nitrogen and oxygen atoms in total. The molecular weight excluding hydrogens is 292 g/mol. The van der Waals surface area contributed by atoms with Gasteiger partial charge in [0, 0.05) is 34.0 Å². The van der Waals surface area contributed by atoms with Crippen molar-refractivity contribution in [2.45, 2.75) is 37.3 Å². The summed E-state index contributed by atoms with van der Waals surface area (Å²) in [6.45, 7) is 4.35.